The molecule has 0 saturated heterocycles. The number of methoxy groups -OCH3 is 1. The average Bonchev–Trinajstić information content (AvgIpc) is 2.71. The first-order valence-corrected chi connectivity index (χ1v) is 9.24. The number of Topliss-reactive ketones (excluding diaryl/α,β-unsaturated/α-hetero) is 1. The van der Waals surface area contributed by atoms with E-state index >= 15 is 0 Å². The van der Waals surface area contributed by atoms with E-state index in [1.807, 2.05) is 32.0 Å². The zero-order chi connectivity index (χ0) is 21.0. The third kappa shape index (κ3) is 4.90. The Hall–Kier alpha value is -3.41. The Morgan fingerprint density at radius 3 is 2.55 bits per heavy atom. The van der Waals surface area contributed by atoms with Crippen LogP contribution >= 0.6 is 0 Å². The van der Waals surface area contributed by atoms with E-state index in [0.717, 1.165) is 11.1 Å². The van der Waals surface area contributed by atoms with Crippen LogP contribution in [0.2, 0.25) is 0 Å². The Morgan fingerprint density at radius 1 is 1.00 bits per heavy atom. The lowest BCUT2D eigenvalue weighted by molar-refractivity contribution is -0.144. The van der Waals surface area contributed by atoms with Gasteiger partial charge in [-0.3, -0.25) is 9.59 Å². The molecule has 0 spiro atoms. The van der Waals surface area contributed by atoms with Crippen LogP contribution in [0, 0.1) is 13.8 Å². The number of carbonyl (C=O) groups excluding carboxylic acids is 2. The molecule has 0 N–H and O–H groups in total. The van der Waals surface area contributed by atoms with Crippen molar-refractivity contribution >= 4 is 22.7 Å². The number of hydrogen-bond acceptors (Lipinski definition) is 6. The zero-order valence-corrected chi connectivity index (χ0v) is 16.6. The van der Waals surface area contributed by atoms with Crippen molar-refractivity contribution in [3.63, 3.8) is 0 Å². The predicted octanol–water partition coefficient (Wildman–Crippen LogP) is 4.12. The molecule has 1 heterocycles. The molecule has 29 heavy (non-hydrogen) atoms. The first-order valence-electron chi connectivity index (χ1n) is 9.24. The number of aryl methyl sites for hydroxylation is 2. The van der Waals surface area contributed by atoms with E-state index in [-0.39, 0.29) is 25.2 Å². The van der Waals surface area contributed by atoms with Gasteiger partial charge in [-0.05, 0) is 37.6 Å². The number of hydrogen-bond donors (Lipinski definition) is 0. The second-order valence-corrected chi connectivity index (χ2v) is 6.85. The van der Waals surface area contributed by atoms with Crippen LogP contribution in [0.5, 0.6) is 5.75 Å². The van der Waals surface area contributed by atoms with E-state index in [2.05, 4.69) is 0 Å². The van der Waals surface area contributed by atoms with E-state index in [4.69, 9.17) is 13.9 Å². The minimum atomic E-state index is -0.540. The highest BCUT2D eigenvalue weighted by Crippen LogP contribution is 2.23. The summed E-state index contributed by atoms with van der Waals surface area (Å²) in [6.45, 7) is 3.71. The Labute approximate surface area is 168 Å². The SMILES string of the molecule is COc1ccc2c(COC(=O)CCC(=O)c3cc(C)ccc3C)cc(=O)oc2c1. The fourth-order valence-electron chi connectivity index (χ4n) is 3.07. The highest BCUT2D eigenvalue weighted by molar-refractivity contribution is 5.99. The van der Waals surface area contributed by atoms with Crippen molar-refractivity contribution in [2.75, 3.05) is 7.11 Å². The van der Waals surface area contributed by atoms with Gasteiger partial charge in [-0.1, -0.05) is 17.7 Å². The van der Waals surface area contributed by atoms with E-state index in [1.165, 1.54) is 13.2 Å². The molecule has 0 saturated carbocycles. The standard InChI is InChI=1S/C23H22O6/c1-14-4-5-15(2)19(10-14)20(24)8-9-22(25)28-13-16-11-23(26)29-21-12-17(27-3)6-7-18(16)21/h4-7,10-12H,8-9,13H2,1-3H3. The normalized spacial score (nSPS) is 10.7. The van der Waals surface area contributed by atoms with Crippen LogP contribution in [-0.4, -0.2) is 18.9 Å². The molecule has 0 radical (unpaired) electrons. The maximum absolute atomic E-state index is 12.4. The number of ether oxygens (including phenoxy) is 2. The highest BCUT2D eigenvalue weighted by atomic mass is 16.5. The molecule has 0 unspecified atom stereocenters. The monoisotopic (exact) mass is 394 g/mol. The van der Waals surface area contributed by atoms with E-state index in [9.17, 15) is 14.4 Å². The van der Waals surface area contributed by atoms with Crippen LogP contribution in [0.4, 0.5) is 0 Å². The summed E-state index contributed by atoms with van der Waals surface area (Å²) in [6, 6.07) is 12.0. The van der Waals surface area contributed by atoms with Crippen molar-refractivity contribution in [1.82, 2.24) is 0 Å². The fraction of sp³-hybridized carbons (Fsp3) is 0.261. The molecule has 6 nitrogen and oxygen atoms in total. The molecule has 3 aromatic rings. The molecule has 0 aliphatic heterocycles. The van der Waals surface area contributed by atoms with Gasteiger partial charge in [-0.25, -0.2) is 4.79 Å². The van der Waals surface area contributed by atoms with Crippen LogP contribution in [0.25, 0.3) is 11.0 Å². The lowest BCUT2D eigenvalue weighted by atomic mass is 9.99. The summed E-state index contributed by atoms with van der Waals surface area (Å²) < 4.78 is 15.6. The Kier molecular flexibility index (Phi) is 6.12. The summed E-state index contributed by atoms with van der Waals surface area (Å²) in [5, 5.41) is 0.657. The first kappa shape index (κ1) is 20.3. The molecule has 0 bridgehead atoms. The molecular weight excluding hydrogens is 372 g/mol. The molecule has 0 amide bonds. The molecule has 1 aromatic heterocycles. The molecular formula is C23H22O6. The third-order valence-corrected chi connectivity index (χ3v) is 4.68. The molecule has 3 rings (SSSR count). The smallest absolute Gasteiger partial charge is 0.336 e. The van der Waals surface area contributed by atoms with Crippen LogP contribution in [0.15, 0.2) is 51.7 Å². The van der Waals surface area contributed by atoms with Gasteiger partial charge >= 0.3 is 11.6 Å². The van der Waals surface area contributed by atoms with Crippen molar-refractivity contribution < 1.29 is 23.5 Å². The zero-order valence-electron chi connectivity index (χ0n) is 16.6. The Bertz CT molecular complexity index is 1130. The van der Waals surface area contributed by atoms with Gasteiger partial charge in [0.1, 0.15) is 17.9 Å². The van der Waals surface area contributed by atoms with E-state index in [1.54, 1.807) is 18.2 Å². The number of carbonyl (C=O) groups is 2. The predicted molar refractivity (Wildman–Crippen MR) is 108 cm³/mol. The van der Waals surface area contributed by atoms with Crippen molar-refractivity contribution in [1.29, 1.82) is 0 Å². The lowest BCUT2D eigenvalue weighted by Crippen LogP contribution is -2.10. The van der Waals surface area contributed by atoms with Crippen molar-refractivity contribution in [2.45, 2.75) is 33.3 Å². The molecule has 0 aliphatic rings. The maximum Gasteiger partial charge on any atom is 0.336 e. The summed E-state index contributed by atoms with van der Waals surface area (Å²) in [4.78, 5) is 36.3. The quantitative estimate of drug-likeness (QED) is 0.340. The van der Waals surface area contributed by atoms with Crippen molar-refractivity contribution in [3.8, 4) is 5.75 Å². The van der Waals surface area contributed by atoms with Crippen LogP contribution in [0.3, 0.4) is 0 Å². The molecule has 0 aliphatic carbocycles. The van der Waals surface area contributed by atoms with Crippen LogP contribution in [-0.2, 0) is 16.1 Å². The average molecular weight is 394 g/mol. The molecule has 0 atom stereocenters. The summed E-state index contributed by atoms with van der Waals surface area (Å²) in [6.07, 6.45) is 0.0391. The molecule has 0 fully saturated rings. The largest absolute Gasteiger partial charge is 0.497 e. The third-order valence-electron chi connectivity index (χ3n) is 4.68. The number of rotatable bonds is 7. The topological polar surface area (TPSA) is 82.8 Å². The van der Waals surface area contributed by atoms with Gasteiger partial charge < -0.3 is 13.9 Å². The minimum absolute atomic E-state index is 0.0284. The van der Waals surface area contributed by atoms with Gasteiger partial charge in [0.2, 0.25) is 0 Å². The summed E-state index contributed by atoms with van der Waals surface area (Å²) >= 11 is 0. The molecule has 150 valence electrons. The maximum atomic E-state index is 12.4. The van der Waals surface area contributed by atoms with Crippen LogP contribution in [0.1, 0.15) is 39.9 Å². The van der Waals surface area contributed by atoms with E-state index in [0.29, 0.717) is 27.8 Å². The summed E-state index contributed by atoms with van der Waals surface area (Å²) in [7, 11) is 1.52. The van der Waals surface area contributed by atoms with Gasteiger partial charge in [0, 0.05) is 35.1 Å². The Balaban J connectivity index is 1.64. The summed E-state index contributed by atoms with van der Waals surface area (Å²) in [5.74, 6) is -0.0423. The minimum Gasteiger partial charge on any atom is -0.497 e. The van der Waals surface area contributed by atoms with Gasteiger partial charge in [0.05, 0.1) is 13.5 Å². The van der Waals surface area contributed by atoms with Gasteiger partial charge in [0.25, 0.3) is 0 Å². The van der Waals surface area contributed by atoms with Crippen molar-refractivity contribution in [2.24, 2.45) is 0 Å². The lowest BCUT2D eigenvalue weighted by Gasteiger charge is -2.09. The molecule has 6 heteroatoms. The summed E-state index contributed by atoms with van der Waals surface area (Å²) in [5.41, 5.74) is 2.85. The second-order valence-electron chi connectivity index (χ2n) is 6.85. The number of ketones is 1. The number of benzene rings is 2. The van der Waals surface area contributed by atoms with E-state index < -0.39 is 11.6 Å². The number of fused-ring (bicyclic) bond motifs is 1. The van der Waals surface area contributed by atoms with Gasteiger partial charge in [-0.2, -0.15) is 0 Å². The highest BCUT2D eigenvalue weighted by Gasteiger charge is 2.14. The van der Waals surface area contributed by atoms with Crippen molar-refractivity contribution in [3.05, 3.63) is 75.1 Å². The van der Waals surface area contributed by atoms with Gasteiger partial charge in [0.15, 0.2) is 5.78 Å². The molecule has 2 aromatic carbocycles. The first-order chi connectivity index (χ1) is 13.9. The van der Waals surface area contributed by atoms with Gasteiger partial charge in [-0.15, -0.1) is 0 Å². The van der Waals surface area contributed by atoms with Crippen LogP contribution < -0.4 is 10.4 Å². The fourth-order valence-corrected chi connectivity index (χ4v) is 3.07. The number of esters is 1. The second kappa shape index (κ2) is 8.73. The Morgan fingerprint density at radius 2 is 1.79 bits per heavy atom.